The summed E-state index contributed by atoms with van der Waals surface area (Å²) in [6.45, 7) is 0. The first-order valence-corrected chi connectivity index (χ1v) is 3.42. The highest BCUT2D eigenvalue weighted by Gasteiger charge is 2.01. The number of carbonyl (C=O) groups is 1. The molecule has 0 spiro atoms. The predicted octanol–water partition coefficient (Wildman–Crippen LogP) is 1.27. The summed E-state index contributed by atoms with van der Waals surface area (Å²) in [6.07, 6.45) is 0.814. The molecule has 0 saturated heterocycles. The Hall–Kier alpha value is -1.82. The number of carbonyl (C=O) groups excluding carboxylic acids is 1. The molecule has 12 heavy (non-hydrogen) atoms. The summed E-state index contributed by atoms with van der Waals surface area (Å²) in [5.41, 5.74) is 1.02. The topological polar surface area (TPSA) is 61.1 Å². The van der Waals surface area contributed by atoms with Crippen LogP contribution < -0.4 is 0 Å². The van der Waals surface area contributed by atoms with E-state index >= 15 is 0 Å². The van der Waals surface area contributed by atoms with E-state index in [0.29, 0.717) is 17.4 Å². The van der Waals surface area contributed by atoms with Gasteiger partial charge in [-0.05, 0) is 23.8 Å². The zero-order chi connectivity index (χ0) is 8.97. The average Bonchev–Trinajstić information content (AvgIpc) is 2.05. The molecule has 3 heteroatoms. The molecule has 1 rings (SSSR count). The Morgan fingerprint density at radius 2 is 2.33 bits per heavy atom. The summed E-state index contributed by atoms with van der Waals surface area (Å²) >= 11 is 0. The van der Waals surface area contributed by atoms with Crippen LogP contribution in [-0.4, -0.2) is 11.4 Å². The lowest BCUT2D eigenvalue weighted by atomic mass is 10.1. The lowest BCUT2D eigenvalue weighted by Gasteiger charge is -1.99. The molecule has 0 atom stereocenters. The van der Waals surface area contributed by atoms with E-state index < -0.39 is 0 Å². The van der Waals surface area contributed by atoms with Crippen molar-refractivity contribution < 1.29 is 9.90 Å². The first-order chi connectivity index (χ1) is 5.77. The summed E-state index contributed by atoms with van der Waals surface area (Å²) in [5, 5.41) is 17.4. The highest BCUT2D eigenvalue weighted by molar-refractivity contribution is 5.77. The number of hydrogen-bond donors (Lipinski definition) is 1. The molecular weight excluding hydrogens is 154 g/mol. The molecule has 0 heterocycles. The summed E-state index contributed by atoms with van der Waals surface area (Å²) in [6, 6.07) is 6.26. The molecule has 60 valence electrons. The highest BCUT2D eigenvalue weighted by atomic mass is 16.3. The number of phenols is 1. The van der Waals surface area contributed by atoms with Crippen molar-refractivity contribution in [3.05, 3.63) is 29.3 Å². The molecule has 0 saturated carbocycles. The Bertz CT molecular complexity index is 339. The fourth-order valence-corrected chi connectivity index (χ4v) is 0.945. The van der Waals surface area contributed by atoms with Gasteiger partial charge in [0.05, 0.1) is 12.5 Å². The van der Waals surface area contributed by atoms with Gasteiger partial charge in [0.2, 0.25) is 0 Å². The van der Waals surface area contributed by atoms with Crippen LogP contribution in [0.15, 0.2) is 18.2 Å². The minimum absolute atomic E-state index is 0.0749. The zero-order valence-electron chi connectivity index (χ0n) is 6.32. The first kappa shape index (κ1) is 8.28. The molecule has 0 aliphatic rings. The number of rotatable bonds is 2. The molecule has 0 aliphatic heterocycles. The molecular formula is C9H7NO2. The van der Waals surface area contributed by atoms with Crippen molar-refractivity contribution >= 4 is 6.29 Å². The lowest BCUT2D eigenvalue weighted by Crippen LogP contribution is -1.90. The smallest absolute Gasteiger partial charge is 0.150 e. The van der Waals surface area contributed by atoms with E-state index in [4.69, 9.17) is 10.4 Å². The van der Waals surface area contributed by atoms with Gasteiger partial charge in [0.25, 0.3) is 0 Å². The van der Waals surface area contributed by atoms with Crippen LogP contribution in [0.2, 0.25) is 0 Å². The third-order valence-corrected chi connectivity index (χ3v) is 1.52. The number of aromatic hydroxyl groups is 1. The second kappa shape index (κ2) is 3.54. The van der Waals surface area contributed by atoms with Crippen molar-refractivity contribution in [1.82, 2.24) is 0 Å². The van der Waals surface area contributed by atoms with E-state index in [1.807, 2.05) is 6.07 Å². The van der Waals surface area contributed by atoms with Crippen molar-refractivity contribution in [1.29, 1.82) is 5.26 Å². The van der Waals surface area contributed by atoms with Crippen LogP contribution in [0.5, 0.6) is 5.75 Å². The maximum Gasteiger partial charge on any atom is 0.150 e. The molecule has 3 nitrogen and oxygen atoms in total. The molecule has 1 N–H and O–H groups in total. The van der Waals surface area contributed by atoms with Crippen LogP contribution in [0.25, 0.3) is 0 Å². The monoisotopic (exact) mass is 161 g/mol. The molecule has 1 aromatic carbocycles. The molecule has 0 bridgehead atoms. The average molecular weight is 161 g/mol. The number of nitrogens with zero attached hydrogens (tertiary/aromatic N) is 1. The second-order valence-electron chi connectivity index (χ2n) is 2.34. The number of hydrogen-bond acceptors (Lipinski definition) is 3. The van der Waals surface area contributed by atoms with Gasteiger partial charge in [-0.25, -0.2) is 0 Å². The van der Waals surface area contributed by atoms with Gasteiger partial charge >= 0.3 is 0 Å². The van der Waals surface area contributed by atoms with Gasteiger partial charge in [0.15, 0.2) is 0 Å². The van der Waals surface area contributed by atoms with E-state index in [-0.39, 0.29) is 12.2 Å². The van der Waals surface area contributed by atoms with Gasteiger partial charge < -0.3 is 5.11 Å². The Morgan fingerprint density at radius 3 is 2.92 bits per heavy atom. The Kier molecular flexibility index (Phi) is 2.44. The van der Waals surface area contributed by atoms with Gasteiger partial charge in [-0.3, -0.25) is 4.79 Å². The van der Waals surface area contributed by atoms with Crippen LogP contribution in [0.1, 0.15) is 15.9 Å². The molecule has 0 aliphatic carbocycles. The normalized spacial score (nSPS) is 8.92. The van der Waals surface area contributed by atoms with Crippen molar-refractivity contribution in [2.24, 2.45) is 0 Å². The lowest BCUT2D eigenvalue weighted by molar-refractivity contribution is 0.112. The molecule has 0 amide bonds. The van der Waals surface area contributed by atoms with Crippen molar-refractivity contribution in [3.8, 4) is 11.8 Å². The summed E-state index contributed by atoms with van der Waals surface area (Å²) in [5.74, 6) is 0.0749. The minimum atomic E-state index is 0.0749. The number of aldehydes is 1. The van der Waals surface area contributed by atoms with Crippen LogP contribution in [0.4, 0.5) is 0 Å². The largest absolute Gasteiger partial charge is 0.508 e. The Morgan fingerprint density at radius 1 is 1.58 bits per heavy atom. The third kappa shape index (κ3) is 1.61. The van der Waals surface area contributed by atoms with Gasteiger partial charge in [0, 0.05) is 5.56 Å². The quantitative estimate of drug-likeness (QED) is 0.664. The molecule has 1 aromatic rings. The molecule has 0 unspecified atom stereocenters. The van der Waals surface area contributed by atoms with E-state index in [1.165, 1.54) is 18.2 Å². The maximum absolute atomic E-state index is 10.4. The summed E-state index contributed by atoms with van der Waals surface area (Å²) in [4.78, 5) is 10.4. The van der Waals surface area contributed by atoms with E-state index in [2.05, 4.69) is 0 Å². The van der Waals surface area contributed by atoms with Crippen LogP contribution in [-0.2, 0) is 6.42 Å². The summed E-state index contributed by atoms with van der Waals surface area (Å²) in [7, 11) is 0. The van der Waals surface area contributed by atoms with Gasteiger partial charge in [0.1, 0.15) is 12.0 Å². The predicted molar refractivity (Wildman–Crippen MR) is 42.8 cm³/mol. The highest BCUT2D eigenvalue weighted by Crippen LogP contribution is 2.15. The van der Waals surface area contributed by atoms with Crippen LogP contribution in [0.3, 0.4) is 0 Å². The van der Waals surface area contributed by atoms with Crippen LogP contribution in [0, 0.1) is 11.3 Å². The standard InChI is InChI=1S/C9H7NO2/c10-4-3-7-5-9(12)2-1-8(7)6-11/h1-2,5-6,12H,3H2. The fourth-order valence-electron chi connectivity index (χ4n) is 0.945. The molecule has 0 fully saturated rings. The maximum atomic E-state index is 10.4. The first-order valence-electron chi connectivity index (χ1n) is 3.42. The van der Waals surface area contributed by atoms with E-state index in [9.17, 15) is 4.79 Å². The Balaban J connectivity index is 3.14. The van der Waals surface area contributed by atoms with Gasteiger partial charge in [-0.15, -0.1) is 0 Å². The zero-order valence-corrected chi connectivity index (χ0v) is 6.32. The van der Waals surface area contributed by atoms with Gasteiger partial charge in [-0.1, -0.05) is 0 Å². The van der Waals surface area contributed by atoms with Crippen molar-refractivity contribution in [2.75, 3.05) is 0 Å². The third-order valence-electron chi connectivity index (χ3n) is 1.52. The number of phenolic OH excluding ortho intramolecular Hbond substituents is 1. The van der Waals surface area contributed by atoms with E-state index in [1.54, 1.807) is 0 Å². The summed E-state index contributed by atoms with van der Waals surface area (Å²) < 4.78 is 0. The Labute approximate surface area is 69.9 Å². The van der Waals surface area contributed by atoms with Crippen molar-refractivity contribution in [3.63, 3.8) is 0 Å². The van der Waals surface area contributed by atoms with Crippen LogP contribution >= 0.6 is 0 Å². The van der Waals surface area contributed by atoms with Crippen molar-refractivity contribution in [2.45, 2.75) is 6.42 Å². The van der Waals surface area contributed by atoms with Gasteiger partial charge in [-0.2, -0.15) is 5.26 Å². The minimum Gasteiger partial charge on any atom is -0.508 e. The van der Waals surface area contributed by atoms with E-state index in [0.717, 1.165) is 0 Å². The fraction of sp³-hybridized carbons (Fsp3) is 0.111. The molecule has 0 radical (unpaired) electrons. The molecule has 0 aromatic heterocycles. The SMILES string of the molecule is N#CCc1cc(O)ccc1C=O. The number of benzene rings is 1. The second-order valence-corrected chi connectivity index (χ2v) is 2.34. The number of nitriles is 1.